The molecule has 0 N–H and O–H groups in total. The second kappa shape index (κ2) is 4.50. The lowest BCUT2D eigenvalue weighted by molar-refractivity contribution is 0.0516. The third-order valence-electron chi connectivity index (χ3n) is 3.27. The minimum atomic E-state index is -0.375. The number of pyridine rings is 1. The Balaban J connectivity index is 2.24. The van der Waals surface area contributed by atoms with E-state index in [0.717, 1.165) is 24.8 Å². The maximum Gasteiger partial charge on any atom is 0.357 e. The molecular formula is C14H14N2O3. The molecule has 0 radical (unpaired) electrons. The van der Waals surface area contributed by atoms with Gasteiger partial charge in [0.05, 0.1) is 17.9 Å². The number of aldehydes is 1. The monoisotopic (exact) mass is 258 g/mol. The van der Waals surface area contributed by atoms with Crippen molar-refractivity contribution in [1.82, 2.24) is 9.38 Å². The molecule has 2 aromatic rings. The summed E-state index contributed by atoms with van der Waals surface area (Å²) in [6.45, 7) is 2.10. The molecule has 98 valence electrons. The van der Waals surface area contributed by atoms with Gasteiger partial charge in [-0.05, 0) is 31.9 Å². The molecule has 3 rings (SSSR count). The van der Waals surface area contributed by atoms with Crippen LogP contribution in [0.3, 0.4) is 0 Å². The maximum absolute atomic E-state index is 12.1. The first kappa shape index (κ1) is 11.9. The van der Waals surface area contributed by atoms with E-state index in [-0.39, 0.29) is 5.97 Å². The predicted octanol–water partition coefficient (Wildman–Crippen LogP) is 2.20. The van der Waals surface area contributed by atoms with Gasteiger partial charge < -0.3 is 4.74 Å². The summed E-state index contributed by atoms with van der Waals surface area (Å²) in [6, 6.07) is 3.43. The summed E-state index contributed by atoms with van der Waals surface area (Å²) in [6.07, 6.45) is 4.57. The van der Waals surface area contributed by atoms with Crippen molar-refractivity contribution in [3.63, 3.8) is 0 Å². The number of nitrogens with zero attached hydrogens (tertiary/aromatic N) is 2. The Labute approximate surface area is 110 Å². The fourth-order valence-electron chi connectivity index (χ4n) is 2.24. The lowest BCUT2D eigenvalue weighted by Gasteiger charge is -2.04. The molecule has 1 aliphatic rings. The van der Waals surface area contributed by atoms with Gasteiger partial charge in [0.1, 0.15) is 5.65 Å². The first-order chi connectivity index (χ1) is 9.26. The van der Waals surface area contributed by atoms with E-state index in [1.54, 1.807) is 29.7 Å². The average Bonchev–Trinajstić information content (AvgIpc) is 3.18. The van der Waals surface area contributed by atoms with Crippen LogP contribution in [0.4, 0.5) is 0 Å². The summed E-state index contributed by atoms with van der Waals surface area (Å²) in [5, 5.41) is 0. The van der Waals surface area contributed by atoms with Crippen molar-refractivity contribution in [3.05, 3.63) is 35.3 Å². The van der Waals surface area contributed by atoms with Crippen LogP contribution < -0.4 is 0 Å². The van der Waals surface area contributed by atoms with Crippen LogP contribution >= 0.6 is 0 Å². The van der Waals surface area contributed by atoms with Crippen LogP contribution in [0.1, 0.15) is 52.2 Å². The first-order valence-corrected chi connectivity index (χ1v) is 6.39. The standard InChI is InChI=1S/C14H14N2O3/c1-2-19-14(18)12-11(9-5-6-9)15-13-10(8-17)4-3-7-16(12)13/h3-4,7-9H,2,5-6H2,1H3. The number of aromatic nitrogens is 2. The Kier molecular flexibility index (Phi) is 2.81. The average molecular weight is 258 g/mol. The lowest BCUT2D eigenvalue weighted by atomic mass is 10.2. The van der Waals surface area contributed by atoms with Crippen molar-refractivity contribution < 1.29 is 14.3 Å². The highest BCUT2D eigenvalue weighted by atomic mass is 16.5. The minimum absolute atomic E-state index is 0.318. The molecule has 1 aliphatic carbocycles. The Morgan fingerprint density at radius 1 is 1.58 bits per heavy atom. The van der Waals surface area contributed by atoms with E-state index in [0.29, 0.717) is 29.4 Å². The fourth-order valence-corrected chi connectivity index (χ4v) is 2.24. The van der Waals surface area contributed by atoms with Gasteiger partial charge in [0.2, 0.25) is 0 Å². The third kappa shape index (κ3) is 1.91. The Bertz CT molecular complexity index is 656. The molecule has 1 fully saturated rings. The Morgan fingerprint density at radius 2 is 2.37 bits per heavy atom. The molecule has 0 amide bonds. The molecule has 0 atom stereocenters. The highest BCUT2D eigenvalue weighted by Crippen LogP contribution is 2.41. The Morgan fingerprint density at radius 3 is 3.00 bits per heavy atom. The summed E-state index contributed by atoms with van der Waals surface area (Å²) in [5.41, 5.74) is 2.23. The Hall–Kier alpha value is -2.17. The molecule has 0 spiro atoms. The van der Waals surface area contributed by atoms with Gasteiger partial charge in [0.15, 0.2) is 12.0 Å². The predicted molar refractivity (Wildman–Crippen MR) is 68.5 cm³/mol. The molecule has 5 heteroatoms. The largest absolute Gasteiger partial charge is 0.461 e. The molecule has 2 aromatic heterocycles. The van der Waals surface area contributed by atoms with Crippen LogP contribution in [0.15, 0.2) is 18.3 Å². The number of esters is 1. The highest BCUT2D eigenvalue weighted by molar-refractivity contribution is 5.93. The molecule has 2 heterocycles. The number of carbonyl (C=O) groups excluding carboxylic acids is 2. The van der Waals surface area contributed by atoms with E-state index < -0.39 is 0 Å². The summed E-state index contributed by atoms with van der Waals surface area (Å²) in [7, 11) is 0. The van der Waals surface area contributed by atoms with Gasteiger partial charge >= 0.3 is 5.97 Å². The molecule has 0 aromatic carbocycles. The maximum atomic E-state index is 12.1. The first-order valence-electron chi connectivity index (χ1n) is 6.39. The molecule has 0 bridgehead atoms. The van der Waals surface area contributed by atoms with Crippen LogP contribution in [0, 0.1) is 0 Å². The molecule has 0 aliphatic heterocycles. The third-order valence-corrected chi connectivity index (χ3v) is 3.27. The van der Waals surface area contributed by atoms with E-state index in [9.17, 15) is 9.59 Å². The number of imidazole rings is 1. The van der Waals surface area contributed by atoms with Crippen LogP contribution in [0.5, 0.6) is 0 Å². The second-order valence-electron chi connectivity index (χ2n) is 4.62. The number of ether oxygens (including phenoxy) is 1. The van der Waals surface area contributed by atoms with Crippen LogP contribution in [-0.4, -0.2) is 28.2 Å². The van der Waals surface area contributed by atoms with Crippen LogP contribution in [-0.2, 0) is 4.74 Å². The summed E-state index contributed by atoms with van der Waals surface area (Å²) in [4.78, 5) is 27.6. The van der Waals surface area contributed by atoms with Gasteiger partial charge in [-0.2, -0.15) is 0 Å². The van der Waals surface area contributed by atoms with Gasteiger partial charge in [0.25, 0.3) is 0 Å². The zero-order valence-electron chi connectivity index (χ0n) is 10.6. The van der Waals surface area contributed by atoms with E-state index in [1.807, 2.05) is 0 Å². The van der Waals surface area contributed by atoms with Crippen molar-refractivity contribution in [1.29, 1.82) is 0 Å². The number of hydrogen-bond donors (Lipinski definition) is 0. The second-order valence-corrected chi connectivity index (χ2v) is 4.62. The van der Waals surface area contributed by atoms with Crippen LogP contribution in [0.25, 0.3) is 5.65 Å². The van der Waals surface area contributed by atoms with E-state index in [1.165, 1.54) is 0 Å². The number of rotatable bonds is 4. The van der Waals surface area contributed by atoms with Gasteiger partial charge in [-0.1, -0.05) is 0 Å². The van der Waals surface area contributed by atoms with E-state index in [4.69, 9.17) is 4.74 Å². The van der Waals surface area contributed by atoms with E-state index in [2.05, 4.69) is 4.98 Å². The van der Waals surface area contributed by atoms with Crippen molar-refractivity contribution in [2.24, 2.45) is 0 Å². The normalized spacial score (nSPS) is 14.6. The number of fused-ring (bicyclic) bond motifs is 1. The zero-order valence-corrected chi connectivity index (χ0v) is 10.6. The quantitative estimate of drug-likeness (QED) is 0.623. The van der Waals surface area contributed by atoms with Gasteiger partial charge in [-0.15, -0.1) is 0 Å². The molecular weight excluding hydrogens is 244 g/mol. The smallest absolute Gasteiger partial charge is 0.357 e. The summed E-state index contributed by atoms with van der Waals surface area (Å²) in [5.74, 6) is -0.0567. The topological polar surface area (TPSA) is 60.7 Å². The zero-order chi connectivity index (χ0) is 13.4. The van der Waals surface area contributed by atoms with Gasteiger partial charge in [-0.25, -0.2) is 9.78 Å². The van der Waals surface area contributed by atoms with Crippen molar-refractivity contribution in [2.45, 2.75) is 25.7 Å². The molecule has 0 unspecified atom stereocenters. The minimum Gasteiger partial charge on any atom is -0.461 e. The fraction of sp³-hybridized carbons (Fsp3) is 0.357. The molecule has 1 saturated carbocycles. The van der Waals surface area contributed by atoms with Gasteiger partial charge in [-0.3, -0.25) is 9.20 Å². The molecule has 0 saturated heterocycles. The number of carbonyl (C=O) groups is 2. The summed E-state index contributed by atoms with van der Waals surface area (Å²) >= 11 is 0. The number of hydrogen-bond acceptors (Lipinski definition) is 4. The SMILES string of the molecule is CCOC(=O)c1c(C2CC2)nc2c(C=O)cccn12. The van der Waals surface area contributed by atoms with Crippen molar-refractivity contribution in [2.75, 3.05) is 6.61 Å². The summed E-state index contributed by atoms with van der Waals surface area (Å²) < 4.78 is 6.76. The molecule has 19 heavy (non-hydrogen) atoms. The lowest BCUT2D eigenvalue weighted by Crippen LogP contribution is -2.10. The van der Waals surface area contributed by atoms with Crippen molar-refractivity contribution >= 4 is 17.9 Å². The molecule has 5 nitrogen and oxygen atoms in total. The van der Waals surface area contributed by atoms with E-state index >= 15 is 0 Å². The van der Waals surface area contributed by atoms with Gasteiger partial charge in [0, 0.05) is 12.1 Å². The highest BCUT2D eigenvalue weighted by Gasteiger charge is 2.33. The van der Waals surface area contributed by atoms with Crippen molar-refractivity contribution in [3.8, 4) is 0 Å². The van der Waals surface area contributed by atoms with Crippen LogP contribution in [0.2, 0.25) is 0 Å².